The van der Waals surface area contributed by atoms with Gasteiger partial charge in [0, 0.05) is 10.4 Å². The number of hydrogen-bond acceptors (Lipinski definition) is 1. The van der Waals surface area contributed by atoms with Crippen LogP contribution in [-0.2, 0) is 12.1 Å². The lowest BCUT2D eigenvalue weighted by Crippen LogP contribution is -2.05. The maximum Gasteiger partial charge on any atom is 0.416 e. The molecular formula is C15H9Cl2F3N2. The molecule has 1 heterocycles. The van der Waals surface area contributed by atoms with Crippen LogP contribution in [0.2, 0.25) is 5.02 Å². The summed E-state index contributed by atoms with van der Waals surface area (Å²) >= 11 is 11.9. The molecule has 0 radical (unpaired) electrons. The van der Waals surface area contributed by atoms with Gasteiger partial charge in [-0.1, -0.05) is 11.6 Å². The molecule has 0 spiro atoms. The SMILES string of the molecule is FC(F)(F)c1ccc(-n2nc(CCl)c3ccc(Cl)cc32)cc1. The fourth-order valence-electron chi connectivity index (χ4n) is 2.24. The molecule has 7 heteroatoms. The second kappa shape index (κ2) is 5.48. The highest BCUT2D eigenvalue weighted by atomic mass is 35.5. The van der Waals surface area contributed by atoms with Crippen molar-refractivity contribution in [2.75, 3.05) is 0 Å². The van der Waals surface area contributed by atoms with E-state index in [0.717, 1.165) is 17.5 Å². The van der Waals surface area contributed by atoms with Crippen molar-refractivity contribution >= 4 is 34.1 Å². The van der Waals surface area contributed by atoms with Crippen molar-refractivity contribution in [3.63, 3.8) is 0 Å². The molecule has 0 saturated carbocycles. The van der Waals surface area contributed by atoms with Crippen LogP contribution >= 0.6 is 23.2 Å². The number of halogens is 5. The van der Waals surface area contributed by atoms with Crippen LogP contribution in [0.1, 0.15) is 11.3 Å². The molecule has 22 heavy (non-hydrogen) atoms. The van der Waals surface area contributed by atoms with Gasteiger partial charge in [-0.05, 0) is 42.5 Å². The summed E-state index contributed by atoms with van der Waals surface area (Å²) < 4.78 is 39.4. The maximum absolute atomic E-state index is 12.6. The predicted octanol–water partition coefficient (Wildman–Crippen LogP) is 5.44. The molecule has 3 rings (SSSR count). The average Bonchev–Trinajstić information content (AvgIpc) is 2.84. The number of alkyl halides is 4. The first-order chi connectivity index (χ1) is 10.4. The van der Waals surface area contributed by atoms with Crippen LogP contribution in [0.15, 0.2) is 42.5 Å². The topological polar surface area (TPSA) is 17.8 Å². The molecule has 114 valence electrons. The predicted molar refractivity (Wildman–Crippen MR) is 80.6 cm³/mol. The molecule has 0 aliphatic rings. The summed E-state index contributed by atoms with van der Waals surface area (Å²) in [5.41, 5.74) is 1.15. The van der Waals surface area contributed by atoms with E-state index in [1.165, 1.54) is 12.1 Å². The van der Waals surface area contributed by atoms with E-state index in [0.29, 0.717) is 21.9 Å². The molecule has 0 aliphatic heterocycles. The molecule has 2 aromatic carbocycles. The Morgan fingerprint density at radius 2 is 1.73 bits per heavy atom. The first-order valence-corrected chi connectivity index (χ1v) is 7.22. The summed E-state index contributed by atoms with van der Waals surface area (Å²) in [7, 11) is 0. The van der Waals surface area contributed by atoms with E-state index in [1.807, 2.05) is 0 Å². The van der Waals surface area contributed by atoms with Gasteiger partial charge in [-0.2, -0.15) is 18.3 Å². The maximum atomic E-state index is 12.6. The fourth-order valence-corrected chi connectivity index (χ4v) is 2.60. The van der Waals surface area contributed by atoms with Crippen molar-refractivity contribution < 1.29 is 13.2 Å². The molecule has 1 aromatic heterocycles. The highest BCUT2D eigenvalue weighted by Gasteiger charge is 2.30. The zero-order valence-electron chi connectivity index (χ0n) is 11.0. The van der Waals surface area contributed by atoms with Crippen molar-refractivity contribution in [3.8, 4) is 5.69 Å². The number of nitrogens with zero attached hydrogens (tertiary/aromatic N) is 2. The van der Waals surface area contributed by atoms with Crippen LogP contribution in [0.5, 0.6) is 0 Å². The number of fused-ring (bicyclic) bond motifs is 1. The number of hydrogen-bond donors (Lipinski definition) is 0. The lowest BCUT2D eigenvalue weighted by Gasteiger charge is -2.08. The summed E-state index contributed by atoms with van der Waals surface area (Å²) in [4.78, 5) is 0. The van der Waals surface area contributed by atoms with Crippen LogP contribution in [-0.4, -0.2) is 9.78 Å². The van der Waals surface area contributed by atoms with Gasteiger partial charge in [0.2, 0.25) is 0 Å². The van der Waals surface area contributed by atoms with Gasteiger partial charge in [0.1, 0.15) is 0 Å². The van der Waals surface area contributed by atoms with E-state index in [4.69, 9.17) is 23.2 Å². The van der Waals surface area contributed by atoms with E-state index in [2.05, 4.69) is 5.10 Å². The average molecular weight is 345 g/mol. The van der Waals surface area contributed by atoms with Gasteiger partial charge in [0.05, 0.1) is 28.3 Å². The minimum absolute atomic E-state index is 0.200. The van der Waals surface area contributed by atoms with Crippen LogP contribution in [0.3, 0.4) is 0 Å². The Balaban J connectivity index is 2.15. The quantitative estimate of drug-likeness (QED) is 0.566. The molecule has 0 amide bonds. The minimum Gasteiger partial charge on any atom is -0.233 e. The molecule has 0 fully saturated rings. The van der Waals surface area contributed by atoms with Gasteiger partial charge in [-0.25, -0.2) is 4.68 Å². The Bertz CT molecular complexity index is 823. The van der Waals surface area contributed by atoms with E-state index in [-0.39, 0.29) is 5.88 Å². The Morgan fingerprint density at radius 3 is 2.32 bits per heavy atom. The lowest BCUT2D eigenvalue weighted by molar-refractivity contribution is -0.137. The van der Waals surface area contributed by atoms with Crippen molar-refractivity contribution in [3.05, 3.63) is 58.7 Å². The highest BCUT2D eigenvalue weighted by Crippen LogP contribution is 2.31. The van der Waals surface area contributed by atoms with Crippen LogP contribution in [0, 0.1) is 0 Å². The van der Waals surface area contributed by atoms with Crippen LogP contribution in [0.25, 0.3) is 16.6 Å². The molecule has 0 bridgehead atoms. The highest BCUT2D eigenvalue weighted by molar-refractivity contribution is 6.31. The van der Waals surface area contributed by atoms with Crippen LogP contribution in [0.4, 0.5) is 13.2 Å². The third-order valence-corrected chi connectivity index (χ3v) is 3.77. The Kier molecular flexibility index (Phi) is 3.78. The third kappa shape index (κ3) is 2.66. The van der Waals surface area contributed by atoms with Crippen LogP contribution < -0.4 is 0 Å². The zero-order valence-corrected chi connectivity index (χ0v) is 12.5. The molecule has 0 N–H and O–H groups in total. The van der Waals surface area contributed by atoms with Crippen molar-refractivity contribution in [2.24, 2.45) is 0 Å². The lowest BCUT2D eigenvalue weighted by atomic mass is 10.2. The smallest absolute Gasteiger partial charge is 0.233 e. The molecular weight excluding hydrogens is 336 g/mol. The zero-order chi connectivity index (χ0) is 15.9. The Hall–Kier alpha value is -1.72. The molecule has 0 aliphatic carbocycles. The van der Waals surface area contributed by atoms with Crippen molar-refractivity contribution in [1.82, 2.24) is 9.78 Å². The second-order valence-electron chi connectivity index (χ2n) is 4.70. The van der Waals surface area contributed by atoms with E-state index in [9.17, 15) is 13.2 Å². The third-order valence-electron chi connectivity index (χ3n) is 3.29. The standard InChI is InChI=1S/C15H9Cl2F3N2/c16-8-13-12-6-3-10(17)7-14(12)22(21-13)11-4-1-9(2-5-11)15(18,19)20/h1-7H,8H2. The van der Waals surface area contributed by atoms with E-state index >= 15 is 0 Å². The van der Waals surface area contributed by atoms with E-state index in [1.54, 1.807) is 22.9 Å². The summed E-state index contributed by atoms with van der Waals surface area (Å²) in [6.07, 6.45) is -4.37. The first kappa shape index (κ1) is 15.2. The van der Waals surface area contributed by atoms with Gasteiger partial charge >= 0.3 is 6.18 Å². The van der Waals surface area contributed by atoms with Gasteiger partial charge in [0.15, 0.2) is 0 Å². The normalized spacial score (nSPS) is 12.0. The molecule has 0 atom stereocenters. The number of rotatable bonds is 2. The van der Waals surface area contributed by atoms with Gasteiger partial charge in [0.25, 0.3) is 0 Å². The van der Waals surface area contributed by atoms with Gasteiger partial charge < -0.3 is 0 Å². The molecule has 3 aromatic rings. The molecule has 0 unspecified atom stereocenters. The van der Waals surface area contributed by atoms with Crippen molar-refractivity contribution in [2.45, 2.75) is 12.1 Å². The van der Waals surface area contributed by atoms with Crippen molar-refractivity contribution in [1.29, 1.82) is 0 Å². The molecule has 0 saturated heterocycles. The number of benzene rings is 2. The first-order valence-electron chi connectivity index (χ1n) is 6.31. The Labute approximate surface area is 134 Å². The van der Waals surface area contributed by atoms with E-state index < -0.39 is 11.7 Å². The monoisotopic (exact) mass is 344 g/mol. The fraction of sp³-hybridized carbons (Fsp3) is 0.133. The minimum atomic E-state index is -4.37. The summed E-state index contributed by atoms with van der Waals surface area (Å²) in [6.45, 7) is 0. The Morgan fingerprint density at radius 1 is 1.05 bits per heavy atom. The summed E-state index contributed by atoms with van der Waals surface area (Å²) in [5, 5.41) is 5.69. The van der Waals surface area contributed by atoms with Gasteiger partial charge in [-0.3, -0.25) is 0 Å². The summed E-state index contributed by atoms with van der Waals surface area (Å²) in [6, 6.07) is 10.0. The largest absolute Gasteiger partial charge is 0.416 e. The second-order valence-corrected chi connectivity index (χ2v) is 5.40. The summed E-state index contributed by atoms with van der Waals surface area (Å²) in [5.74, 6) is 0.200. The molecule has 2 nitrogen and oxygen atoms in total. The number of aromatic nitrogens is 2. The van der Waals surface area contributed by atoms with Gasteiger partial charge in [-0.15, -0.1) is 11.6 Å².